The third kappa shape index (κ3) is 5.58. The standard InChI is InChI=1S/C24H27N5O2/c30-23(26-18-20-7-9-21(10-8-20)29-14-4-12-27-29)17-22-24(31)25-13-16-28(22)15-11-19-5-2-1-3-6-19/h1-10,12,14,22H,11,13,15-18H2,(H,25,31)(H,26,30)/t22-/m1/s1. The van der Waals surface area contributed by atoms with Crippen LogP contribution in [0.1, 0.15) is 17.5 Å². The molecule has 1 aliphatic heterocycles. The minimum absolute atomic E-state index is 0.0713. The first-order chi connectivity index (χ1) is 15.2. The van der Waals surface area contributed by atoms with Crippen LogP contribution >= 0.6 is 0 Å². The lowest BCUT2D eigenvalue weighted by Crippen LogP contribution is -2.56. The first kappa shape index (κ1) is 20.8. The van der Waals surface area contributed by atoms with E-state index in [2.05, 4.69) is 32.8 Å². The van der Waals surface area contributed by atoms with Gasteiger partial charge >= 0.3 is 0 Å². The maximum Gasteiger partial charge on any atom is 0.237 e. The summed E-state index contributed by atoms with van der Waals surface area (Å²) in [6.45, 7) is 2.56. The van der Waals surface area contributed by atoms with Crippen molar-refractivity contribution in [2.75, 3.05) is 19.6 Å². The molecule has 0 aliphatic carbocycles. The summed E-state index contributed by atoms with van der Waals surface area (Å²) < 4.78 is 1.79. The Morgan fingerprint density at radius 3 is 2.61 bits per heavy atom. The molecule has 0 saturated carbocycles. The summed E-state index contributed by atoms with van der Waals surface area (Å²) in [5.41, 5.74) is 3.20. The molecule has 1 saturated heterocycles. The summed E-state index contributed by atoms with van der Waals surface area (Å²) in [5, 5.41) is 10.0. The second-order valence-electron chi connectivity index (χ2n) is 7.68. The number of carbonyl (C=O) groups is 2. The molecular formula is C24H27N5O2. The molecule has 0 bridgehead atoms. The molecule has 160 valence electrons. The number of amides is 2. The number of piperazine rings is 1. The summed E-state index contributed by atoms with van der Waals surface area (Å²) in [4.78, 5) is 27.1. The molecule has 2 heterocycles. The van der Waals surface area contributed by atoms with Crippen molar-refractivity contribution >= 4 is 11.8 Å². The van der Waals surface area contributed by atoms with Gasteiger partial charge in [0.1, 0.15) is 0 Å². The fourth-order valence-corrected chi connectivity index (χ4v) is 3.81. The van der Waals surface area contributed by atoms with Gasteiger partial charge in [0, 0.05) is 38.6 Å². The monoisotopic (exact) mass is 417 g/mol. The number of carbonyl (C=O) groups excluding carboxylic acids is 2. The second-order valence-corrected chi connectivity index (χ2v) is 7.68. The maximum absolute atomic E-state index is 12.6. The molecular weight excluding hydrogens is 390 g/mol. The van der Waals surface area contributed by atoms with E-state index in [9.17, 15) is 9.59 Å². The lowest BCUT2D eigenvalue weighted by Gasteiger charge is -2.34. The third-order valence-corrected chi connectivity index (χ3v) is 5.55. The van der Waals surface area contributed by atoms with E-state index in [1.54, 1.807) is 10.9 Å². The van der Waals surface area contributed by atoms with Crippen molar-refractivity contribution in [2.45, 2.75) is 25.4 Å². The first-order valence-electron chi connectivity index (χ1n) is 10.6. The highest BCUT2D eigenvalue weighted by atomic mass is 16.2. The Bertz CT molecular complexity index is 987. The van der Waals surface area contributed by atoms with Crippen molar-refractivity contribution in [1.29, 1.82) is 0 Å². The molecule has 7 nitrogen and oxygen atoms in total. The highest BCUT2D eigenvalue weighted by molar-refractivity contribution is 5.88. The molecule has 0 spiro atoms. The number of nitrogens with one attached hydrogen (secondary N) is 2. The van der Waals surface area contributed by atoms with Gasteiger partial charge in [-0.25, -0.2) is 4.68 Å². The minimum Gasteiger partial charge on any atom is -0.353 e. The minimum atomic E-state index is -0.431. The van der Waals surface area contributed by atoms with Crippen LogP contribution in [-0.4, -0.2) is 52.2 Å². The van der Waals surface area contributed by atoms with Gasteiger partial charge in [-0.1, -0.05) is 42.5 Å². The number of hydrogen-bond acceptors (Lipinski definition) is 4. The summed E-state index contributed by atoms with van der Waals surface area (Å²) in [6.07, 6.45) is 4.63. The van der Waals surface area contributed by atoms with Gasteiger partial charge in [0.25, 0.3) is 0 Å². The SMILES string of the molecule is O=C(C[C@@H]1C(=O)NCCN1CCc1ccccc1)NCc1ccc(-n2cccn2)cc1. The van der Waals surface area contributed by atoms with Gasteiger partial charge in [-0.2, -0.15) is 5.10 Å². The average Bonchev–Trinajstić information content (AvgIpc) is 3.34. The van der Waals surface area contributed by atoms with Crippen LogP contribution in [0.3, 0.4) is 0 Å². The van der Waals surface area contributed by atoms with Crippen molar-refractivity contribution in [3.8, 4) is 5.69 Å². The third-order valence-electron chi connectivity index (χ3n) is 5.55. The van der Waals surface area contributed by atoms with Gasteiger partial charge in [-0.3, -0.25) is 14.5 Å². The van der Waals surface area contributed by atoms with Crippen LogP contribution in [0, 0.1) is 0 Å². The van der Waals surface area contributed by atoms with E-state index in [4.69, 9.17) is 0 Å². The van der Waals surface area contributed by atoms with Crippen LogP contribution in [-0.2, 0) is 22.6 Å². The highest BCUT2D eigenvalue weighted by Gasteiger charge is 2.31. The topological polar surface area (TPSA) is 79.3 Å². The summed E-state index contributed by atoms with van der Waals surface area (Å²) in [5.74, 6) is -0.194. The van der Waals surface area contributed by atoms with Crippen molar-refractivity contribution in [3.05, 3.63) is 84.2 Å². The zero-order valence-corrected chi connectivity index (χ0v) is 17.4. The Morgan fingerprint density at radius 2 is 1.87 bits per heavy atom. The van der Waals surface area contributed by atoms with E-state index < -0.39 is 6.04 Å². The van der Waals surface area contributed by atoms with Gasteiger partial charge in [0.2, 0.25) is 11.8 Å². The van der Waals surface area contributed by atoms with E-state index in [1.165, 1.54) is 5.56 Å². The van der Waals surface area contributed by atoms with Crippen LogP contribution in [0.4, 0.5) is 0 Å². The van der Waals surface area contributed by atoms with Crippen molar-refractivity contribution < 1.29 is 9.59 Å². The van der Waals surface area contributed by atoms with E-state index in [0.717, 1.165) is 30.8 Å². The molecule has 7 heteroatoms. The smallest absolute Gasteiger partial charge is 0.237 e. The van der Waals surface area contributed by atoms with Gasteiger partial charge < -0.3 is 10.6 Å². The van der Waals surface area contributed by atoms with Gasteiger partial charge in [0.05, 0.1) is 18.2 Å². The van der Waals surface area contributed by atoms with Crippen LogP contribution in [0.15, 0.2) is 73.1 Å². The predicted molar refractivity (Wildman–Crippen MR) is 119 cm³/mol. The summed E-state index contributed by atoms with van der Waals surface area (Å²) in [6, 6.07) is 19.5. The van der Waals surface area contributed by atoms with Crippen LogP contribution < -0.4 is 10.6 Å². The molecule has 0 radical (unpaired) electrons. The van der Waals surface area contributed by atoms with E-state index in [0.29, 0.717) is 13.1 Å². The number of benzene rings is 2. The fraction of sp³-hybridized carbons (Fsp3) is 0.292. The molecule has 31 heavy (non-hydrogen) atoms. The number of nitrogens with zero attached hydrogens (tertiary/aromatic N) is 3. The van der Waals surface area contributed by atoms with E-state index >= 15 is 0 Å². The lowest BCUT2D eigenvalue weighted by atomic mass is 10.1. The Balaban J connectivity index is 1.29. The fourth-order valence-electron chi connectivity index (χ4n) is 3.81. The molecule has 4 rings (SSSR count). The van der Waals surface area contributed by atoms with Gasteiger partial charge in [-0.15, -0.1) is 0 Å². The van der Waals surface area contributed by atoms with Crippen molar-refractivity contribution in [3.63, 3.8) is 0 Å². The molecule has 1 aromatic heterocycles. The quantitative estimate of drug-likeness (QED) is 0.587. The molecule has 2 N–H and O–H groups in total. The predicted octanol–water partition coefficient (Wildman–Crippen LogP) is 1.92. The lowest BCUT2D eigenvalue weighted by molar-refractivity contribution is -0.133. The molecule has 0 unspecified atom stereocenters. The molecule has 2 amide bonds. The highest BCUT2D eigenvalue weighted by Crippen LogP contribution is 2.12. The zero-order valence-electron chi connectivity index (χ0n) is 17.4. The largest absolute Gasteiger partial charge is 0.353 e. The van der Waals surface area contributed by atoms with Crippen LogP contribution in [0.2, 0.25) is 0 Å². The number of hydrogen-bond donors (Lipinski definition) is 2. The molecule has 3 aromatic rings. The van der Waals surface area contributed by atoms with Crippen LogP contribution in [0.25, 0.3) is 5.69 Å². The van der Waals surface area contributed by atoms with Gasteiger partial charge in [0.15, 0.2) is 0 Å². The average molecular weight is 418 g/mol. The zero-order chi connectivity index (χ0) is 21.5. The van der Waals surface area contributed by atoms with E-state index in [-0.39, 0.29) is 18.2 Å². The number of rotatable bonds is 8. The van der Waals surface area contributed by atoms with Crippen molar-refractivity contribution in [2.24, 2.45) is 0 Å². The molecule has 1 aliphatic rings. The second kappa shape index (κ2) is 10.0. The summed E-state index contributed by atoms with van der Waals surface area (Å²) >= 11 is 0. The van der Waals surface area contributed by atoms with Gasteiger partial charge in [-0.05, 0) is 35.7 Å². The Kier molecular flexibility index (Phi) is 6.74. The first-order valence-corrected chi connectivity index (χ1v) is 10.6. The molecule has 1 fully saturated rings. The summed E-state index contributed by atoms with van der Waals surface area (Å²) in [7, 11) is 0. The Hall–Kier alpha value is -3.45. The Labute approximate surface area is 182 Å². The molecule has 1 atom stereocenters. The normalized spacial score (nSPS) is 16.6. The van der Waals surface area contributed by atoms with E-state index in [1.807, 2.05) is 54.7 Å². The molecule has 2 aromatic carbocycles. The number of aromatic nitrogens is 2. The maximum atomic E-state index is 12.6. The van der Waals surface area contributed by atoms with Crippen molar-refractivity contribution in [1.82, 2.24) is 25.3 Å². The van der Waals surface area contributed by atoms with Crippen LogP contribution in [0.5, 0.6) is 0 Å². The Morgan fingerprint density at radius 1 is 1.06 bits per heavy atom.